The van der Waals surface area contributed by atoms with E-state index in [1.54, 1.807) is 16.8 Å². The van der Waals surface area contributed by atoms with Gasteiger partial charge in [0.1, 0.15) is 0 Å². The predicted molar refractivity (Wildman–Crippen MR) is 81.0 cm³/mol. The number of anilines is 2. The number of hydrogen-bond donors (Lipinski definition) is 1. The molecule has 2 rings (SSSR count). The fourth-order valence-corrected chi connectivity index (χ4v) is 2.56. The highest BCUT2D eigenvalue weighted by atomic mass is 32.2. The van der Waals surface area contributed by atoms with Crippen molar-refractivity contribution in [1.82, 2.24) is 9.78 Å². The number of rotatable bonds is 3. The predicted octanol–water partition coefficient (Wildman–Crippen LogP) is 1.37. The molecule has 1 aromatic heterocycles. The molecule has 2 aromatic rings. The van der Waals surface area contributed by atoms with Gasteiger partial charge in [0.15, 0.2) is 0 Å². The van der Waals surface area contributed by atoms with Crippen LogP contribution in [0.2, 0.25) is 0 Å². The maximum atomic E-state index is 11.7. The summed E-state index contributed by atoms with van der Waals surface area (Å²) in [5, 5.41) is 4.29. The zero-order valence-electron chi connectivity index (χ0n) is 12.0. The van der Waals surface area contributed by atoms with E-state index in [-0.39, 0.29) is 0 Å². The Hall–Kier alpha value is -2.02. The molecule has 6 nitrogen and oxygen atoms in total. The maximum Gasteiger partial charge on any atom is 0.232 e. The third-order valence-electron chi connectivity index (χ3n) is 3.19. The Morgan fingerprint density at radius 2 is 2.00 bits per heavy atom. The number of nitrogens with zero attached hydrogens (tertiary/aromatic N) is 3. The largest absolute Gasteiger partial charge is 0.397 e. The summed E-state index contributed by atoms with van der Waals surface area (Å²) in [7, 11) is -0.0181. The van der Waals surface area contributed by atoms with Crippen molar-refractivity contribution in [2.24, 2.45) is 7.05 Å². The van der Waals surface area contributed by atoms with Crippen LogP contribution in [-0.2, 0) is 17.1 Å². The third kappa shape index (κ3) is 2.62. The Bertz CT molecular complexity index is 750. The van der Waals surface area contributed by atoms with Crippen LogP contribution in [0.3, 0.4) is 0 Å². The number of sulfonamides is 1. The van der Waals surface area contributed by atoms with E-state index in [9.17, 15) is 8.42 Å². The molecular formula is C13H18N4O2S. The molecule has 7 heteroatoms. The van der Waals surface area contributed by atoms with Crippen molar-refractivity contribution in [2.75, 3.05) is 23.3 Å². The van der Waals surface area contributed by atoms with E-state index in [0.29, 0.717) is 11.4 Å². The molecule has 0 spiro atoms. The minimum atomic E-state index is -3.35. The van der Waals surface area contributed by atoms with E-state index in [0.717, 1.165) is 23.1 Å². The lowest BCUT2D eigenvalue weighted by atomic mass is 10.1. The minimum absolute atomic E-state index is 0.420. The molecule has 0 aliphatic rings. The van der Waals surface area contributed by atoms with Crippen molar-refractivity contribution >= 4 is 21.4 Å². The summed E-state index contributed by atoms with van der Waals surface area (Å²) in [6.07, 6.45) is 3.04. The Labute approximate surface area is 118 Å². The number of aromatic nitrogens is 2. The van der Waals surface area contributed by atoms with Gasteiger partial charge in [0.2, 0.25) is 10.0 Å². The molecule has 108 valence electrons. The number of nitrogen functional groups attached to an aromatic ring is 1. The molecule has 2 N–H and O–H groups in total. The second-order valence-electron chi connectivity index (χ2n) is 4.81. The van der Waals surface area contributed by atoms with Gasteiger partial charge in [-0.25, -0.2) is 8.42 Å². The molecule has 0 aliphatic carbocycles. The van der Waals surface area contributed by atoms with Gasteiger partial charge < -0.3 is 5.73 Å². The molecule has 0 fully saturated rings. The lowest BCUT2D eigenvalue weighted by Gasteiger charge is -2.19. The third-order valence-corrected chi connectivity index (χ3v) is 4.38. The highest BCUT2D eigenvalue weighted by Crippen LogP contribution is 2.31. The van der Waals surface area contributed by atoms with Crippen molar-refractivity contribution in [1.29, 1.82) is 0 Å². The highest BCUT2D eigenvalue weighted by Gasteiger charge is 2.16. The molecule has 1 heterocycles. The van der Waals surface area contributed by atoms with Gasteiger partial charge in [-0.15, -0.1) is 0 Å². The van der Waals surface area contributed by atoms with Crippen LogP contribution in [0.5, 0.6) is 0 Å². The summed E-state index contributed by atoms with van der Waals surface area (Å²) < 4.78 is 26.2. The molecular weight excluding hydrogens is 276 g/mol. The summed E-state index contributed by atoms with van der Waals surface area (Å²) in [6, 6.07) is 5.33. The zero-order chi connectivity index (χ0) is 15.1. The first kappa shape index (κ1) is 14.4. The van der Waals surface area contributed by atoms with Crippen molar-refractivity contribution in [3.63, 3.8) is 0 Å². The number of aryl methyl sites for hydroxylation is 2. The van der Waals surface area contributed by atoms with Gasteiger partial charge in [-0.2, -0.15) is 5.10 Å². The van der Waals surface area contributed by atoms with Gasteiger partial charge in [-0.3, -0.25) is 8.99 Å². The van der Waals surface area contributed by atoms with Gasteiger partial charge in [0.05, 0.1) is 23.3 Å². The van der Waals surface area contributed by atoms with Gasteiger partial charge in [0.25, 0.3) is 0 Å². The van der Waals surface area contributed by atoms with Crippen LogP contribution >= 0.6 is 0 Å². The standard InChI is InChI=1S/C13H18N4O2S/c1-9-11(8-16(2)15-9)10-5-6-12(14)13(7-10)17(3)20(4,18)19/h5-8H,14H2,1-4H3. The lowest BCUT2D eigenvalue weighted by molar-refractivity contribution is 0.600. The number of hydrogen-bond acceptors (Lipinski definition) is 4. The quantitative estimate of drug-likeness (QED) is 0.867. The van der Waals surface area contributed by atoms with Crippen LogP contribution in [0.4, 0.5) is 11.4 Å². The molecule has 0 saturated carbocycles. The number of benzene rings is 1. The second kappa shape index (κ2) is 4.82. The van der Waals surface area contributed by atoms with Gasteiger partial charge in [-0.05, 0) is 24.6 Å². The Morgan fingerprint density at radius 3 is 2.50 bits per heavy atom. The van der Waals surface area contributed by atoms with Crippen molar-refractivity contribution in [2.45, 2.75) is 6.92 Å². The van der Waals surface area contributed by atoms with Gasteiger partial charge in [-0.1, -0.05) is 6.07 Å². The van der Waals surface area contributed by atoms with Crippen LogP contribution in [0.1, 0.15) is 5.69 Å². The smallest absolute Gasteiger partial charge is 0.232 e. The van der Waals surface area contributed by atoms with Crippen molar-refractivity contribution < 1.29 is 8.42 Å². The summed E-state index contributed by atoms with van der Waals surface area (Å²) in [5.41, 5.74) is 9.49. The van der Waals surface area contributed by atoms with Crippen molar-refractivity contribution in [3.05, 3.63) is 30.1 Å². The second-order valence-corrected chi connectivity index (χ2v) is 6.82. The fraction of sp³-hybridized carbons (Fsp3) is 0.308. The molecule has 0 bridgehead atoms. The molecule has 0 aliphatic heterocycles. The summed E-state index contributed by atoms with van der Waals surface area (Å²) in [5.74, 6) is 0. The Morgan fingerprint density at radius 1 is 1.35 bits per heavy atom. The molecule has 20 heavy (non-hydrogen) atoms. The molecule has 1 aromatic carbocycles. The normalized spacial score (nSPS) is 11.6. The molecule has 0 unspecified atom stereocenters. The minimum Gasteiger partial charge on any atom is -0.397 e. The Kier molecular flexibility index (Phi) is 3.47. The summed E-state index contributed by atoms with van der Waals surface area (Å²) in [6.45, 7) is 1.91. The monoisotopic (exact) mass is 294 g/mol. The topological polar surface area (TPSA) is 81.2 Å². The number of nitrogens with two attached hydrogens (primary N) is 1. The van der Waals surface area contributed by atoms with Gasteiger partial charge >= 0.3 is 0 Å². The summed E-state index contributed by atoms with van der Waals surface area (Å²) in [4.78, 5) is 0. The van der Waals surface area contributed by atoms with E-state index in [1.165, 1.54) is 11.4 Å². The summed E-state index contributed by atoms with van der Waals surface area (Å²) >= 11 is 0. The first-order chi connectivity index (χ1) is 9.20. The molecule has 0 saturated heterocycles. The van der Waals surface area contributed by atoms with E-state index in [1.807, 2.05) is 26.2 Å². The first-order valence-corrected chi connectivity index (χ1v) is 7.89. The SMILES string of the molecule is Cc1nn(C)cc1-c1ccc(N)c(N(C)S(C)(=O)=O)c1. The van der Waals surface area contributed by atoms with E-state index in [2.05, 4.69) is 5.10 Å². The highest BCUT2D eigenvalue weighted by molar-refractivity contribution is 7.92. The maximum absolute atomic E-state index is 11.7. The van der Waals surface area contributed by atoms with E-state index >= 15 is 0 Å². The fourth-order valence-electron chi connectivity index (χ4n) is 2.05. The Balaban J connectivity index is 2.57. The van der Waals surface area contributed by atoms with Crippen LogP contribution in [0.25, 0.3) is 11.1 Å². The van der Waals surface area contributed by atoms with Crippen molar-refractivity contribution in [3.8, 4) is 11.1 Å². The first-order valence-electron chi connectivity index (χ1n) is 6.04. The van der Waals surface area contributed by atoms with Crippen LogP contribution in [-0.4, -0.2) is 31.5 Å². The lowest BCUT2D eigenvalue weighted by Crippen LogP contribution is -2.25. The zero-order valence-corrected chi connectivity index (χ0v) is 12.8. The van der Waals surface area contributed by atoms with Crippen LogP contribution < -0.4 is 10.0 Å². The molecule has 0 radical (unpaired) electrons. The average Bonchev–Trinajstić information content (AvgIpc) is 2.67. The van der Waals surface area contributed by atoms with Crippen LogP contribution in [0.15, 0.2) is 24.4 Å². The van der Waals surface area contributed by atoms with Crippen LogP contribution in [0, 0.1) is 6.92 Å². The van der Waals surface area contributed by atoms with E-state index < -0.39 is 10.0 Å². The molecule has 0 amide bonds. The van der Waals surface area contributed by atoms with Gasteiger partial charge in [0, 0.05) is 25.9 Å². The molecule has 0 atom stereocenters. The van der Waals surface area contributed by atoms with E-state index in [4.69, 9.17) is 5.73 Å². The average molecular weight is 294 g/mol.